The molecule has 1 atom stereocenters. The second-order valence-corrected chi connectivity index (χ2v) is 3.29. The van der Waals surface area contributed by atoms with E-state index in [4.69, 9.17) is 10.00 Å². The van der Waals surface area contributed by atoms with E-state index >= 15 is 0 Å². The lowest BCUT2D eigenvalue weighted by Crippen LogP contribution is -1.93. The van der Waals surface area contributed by atoms with E-state index in [9.17, 15) is 0 Å². The quantitative estimate of drug-likeness (QED) is 0.674. The van der Waals surface area contributed by atoms with Gasteiger partial charge in [0.15, 0.2) is 6.10 Å². The van der Waals surface area contributed by atoms with Gasteiger partial charge in [-0.15, -0.1) is 11.3 Å². The molecule has 58 valence electrons. The Hall–Kier alpha value is -0.920. The van der Waals surface area contributed by atoms with Crippen LogP contribution < -0.4 is 0 Å². The minimum absolute atomic E-state index is 0.457. The number of aryl methyl sites for hydroxylation is 1. The molecule has 0 aliphatic carbocycles. The Morgan fingerprint density at radius 1 is 1.82 bits per heavy atom. The van der Waals surface area contributed by atoms with Crippen LogP contribution >= 0.6 is 11.3 Å². The van der Waals surface area contributed by atoms with Gasteiger partial charge in [-0.25, -0.2) is 4.98 Å². The first-order chi connectivity index (χ1) is 5.27. The zero-order chi connectivity index (χ0) is 8.27. The van der Waals surface area contributed by atoms with Crippen molar-refractivity contribution in [3.63, 3.8) is 0 Å². The van der Waals surface area contributed by atoms with E-state index in [1.54, 1.807) is 6.20 Å². The van der Waals surface area contributed by atoms with Crippen LogP contribution in [-0.4, -0.2) is 12.1 Å². The molecule has 1 aromatic heterocycles. The average Bonchev–Trinajstić information content (AvgIpc) is 2.39. The van der Waals surface area contributed by atoms with Gasteiger partial charge in [-0.1, -0.05) is 0 Å². The molecule has 11 heavy (non-hydrogen) atoms. The van der Waals surface area contributed by atoms with E-state index in [1.165, 1.54) is 18.4 Å². The minimum atomic E-state index is -0.457. The number of aromatic nitrogens is 1. The monoisotopic (exact) mass is 168 g/mol. The summed E-state index contributed by atoms with van der Waals surface area (Å²) in [5, 5.41) is 9.55. The average molecular weight is 168 g/mol. The van der Waals surface area contributed by atoms with Crippen molar-refractivity contribution in [3.05, 3.63) is 16.1 Å². The third-order valence-electron chi connectivity index (χ3n) is 1.25. The first kappa shape index (κ1) is 8.18. The molecule has 1 unspecified atom stereocenters. The van der Waals surface area contributed by atoms with Crippen LogP contribution in [0.25, 0.3) is 0 Å². The highest BCUT2D eigenvalue weighted by Crippen LogP contribution is 2.21. The van der Waals surface area contributed by atoms with Crippen molar-refractivity contribution in [1.82, 2.24) is 4.98 Å². The number of nitrogens with zero attached hydrogens (tertiary/aromatic N) is 2. The number of ether oxygens (including phenoxy) is 1. The van der Waals surface area contributed by atoms with Crippen LogP contribution in [0.4, 0.5) is 0 Å². The molecule has 0 aromatic carbocycles. The molecule has 0 fully saturated rings. The van der Waals surface area contributed by atoms with Gasteiger partial charge in [0.25, 0.3) is 0 Å². The van der Waals surface area contributed by atoms with E-state index in [0.29, 0.717) is 0 Å². The molecule has 1 rings (SSSR count). The predicted molar refractivity (Wildman–Crippen MR) is 42.2 cm³/mol. The Morgan fingerprint density at radius 2 is 2.55 bits per heavy atom. The highest BCUT2D eigenvalue weighted by Gasteiger charge is 2.10. The fourth-order valence-electron chi connectivity index (χ4n) is 0.731. The lowest BCUT2D eigenvalue weighted by atomic mass is 10.3. The number of hydrogen-bond acceptors (Lipinski definition) is 4. The molecular formula is C7H8N2OS. The summed E-state index contributed by atoms with van der Waals surface area (Å²) in [5.41, 5.74) is 0. The molecule has 0 N–H and O–H groups in total. The minimum Gasteiger partial charge on any atom is -0.361 e. The fourth-order valence-corrected chi connectivity index (χ4v) is 1.54. The molecule has 1 heterocycles. The van der Waals surface area contributed by atoms with E-state index < -0.39 is 6.10 Å². The Kier molecular flexibility index (Phi) is 2.58. The van der Waals surface area contributed by atoms with Crippen molar-refractivity contribution in [2.24, 2.45) is 0 Å². The van der Waals surface area contributed by atoms with Crippen molar-refractivity contribution < 1.29 is 4.74 Å². The molecule has 0 radical (unpaired) electrons. The zero-order valence-corrected chi connectivity index (χ0v) is 7.18. The van der Waals surface area contributed by atoms with Gasteiger partial charge in [-0.2, -0.15) is 5.26 Å². The first-order valence-electron chi connectivity index (χ1n) is 3.12. The summed E-state index contributed by atoms with van der Waals surface area (Å²) in [6.45, 7) is 1.90. The van der Waals surface area contributed by atoms with Crippen LogP contribution in [0.5, 0.6) is 0 Å². The van der Waals surface area contributed by atoms with E-state index in [2.05, 4.69) is 4.98 Å². The smallest absolute Gasteiger partial charge is 0.179 e. The Bertz CT molecular complexity index is 276. The maximum Gasteiger partial charge on any atom is 0.179 e. The summed E-state index contributed by atoms with van der Waals surface area (Å²) in [6.07, 6.45) is 1.22. The lowest BCUT2D eigenvalue weighted by Gasteiger charge is -2.00. The maximum atomic E-state index is 8.59. The van der Waals surface area contributed by atoms with Crippen molar-refractivity contribution >= 4 is 11.3 Å². The summed E-state index contributed by atoms with van der Waals surface area (Å²) in [5.74, 6) is 0. The van der Waals surface area contributed by atoms with E-state index in [1.807, 2.05) is 13.0 Å². The summed E-state index contributed by atoms with van der Waals surface area (Å²) in [4.78, 5) is 4.89. The van der Waals surface area contributed by atoms with Crippen molar-refractivity contribution in [2.45, 2.75) is 13.0 Å². The molecular weight excluding hydrogens is 160 g/mol. The standard InChI is InChI=1S/C7H8N2OS/c1-5-9-4-7(11-5)6(3-8)10-2/h4,6H,1-2H3. The van der Waals surface area contributed by atoms with Gasteiger partial charge in [0, 0.05) is 13.3 Å². The third-order valence-corrected chi connectivity index (χ3v) is 2.21. The van der Waals surface area contributed by atoms with Crippen LogP contribution in [-0.2, 0) is 4.74 Å². The van der Waals surface area contributed by atoms with Gasteiger partial charge in [-0.3, -0.25) is 0 Å². The molecule has 4 heteroatoms. The Balaban J connectivity index is 2.84. The topological polar surface area (TPSA) is 45.9 Å². The maximum absolute atomic E-state index is 8.59. The molecule has 3 nitrogen and oxygen atoms in total. The second-order valence-electron chi connectivity index (χ2n) is 2.03. The molecule has 0 spiro atoms. The molecule has 0 aliphatic heterocycles. The van der Waals surface area contributed by atoms with Gasteiger partial charge in [0.05, 0.1) is 9.88 Å². The van der Waals surface area contributed by atoms with Gasteiger partial charge in [-0.05, 0) is 6.92 Å². The summed E-state index contributed by atoms with van der Waals surface area (Å²) in [6, 6.07) is 2.03. The second kappa shape index (κ2) is 3.46. The molecule has 0 saturated heterocycles. The molecule has 0 aliphatic rings. The van der Waals surface area contributed by atoms with Gasteiger partial charge < -0.3 is 4.74 Å². The van der Waals surface area contributed by atoms with Crippen molar-refractivity contribution in [2.75, 3.05) is 7.11 Å². The molecule has 1 aromatic rings. The number of rotatable bonds is 2. The molecule has 0 bridgehead atoms. The van der Waals surface area contributed by atoms with Crippen molar-refractivity contribution in [3.8, 4) is 6.07 Å². The highest BCUT2D eigenvalue weighted by molar-refractivity contribution is 7.11. The third kappa shape index (κ3) is 1.76. The fraction of sp³-hybridized carbons (Fsp3) is 0.429. The van der Waals surface area contributed by atoms with Crippen LogP contribution in [0.1, 0.15) is 16.0 Å². The van der Waals surface area contributed by atoms with Crippen LogP contribution in [0.3, 0.4) is 0 Å². The normalized spacial score (nSPS) is 12.5. The van der Waals surface area contributed by atoms with Crippen LogP contribution in [0.2, 0.25) is 0 Å². The number of nitriles is 1. The lowest BCUT2D eigenvalue weighted by molar-refractivity contribution is 0.151. The summed E-state index contributed by atoms with van der Waals surface area (Å²) < 4.78 is 4.91. The van der Waals surface area contributed by atoms with Crippen LogP contribution in [0, 0.1) is 18.3 Å². The van der Waals surface area contributed by atoms with Crippen molar-refractivity contribution in [1.29, 1.82) is 5.26 Å². The highest BCUT2D eigenvalue weighted by atomic mass is 32.1. The predicted octanol–water partition coefficient (Wildman–Crippen LogP) is 1.66. The number of hydrogen-bond donors (Lipinski definition) is 0. The Morgan fingerprint density at radius 3 is 2.91 bits per heavy atom. The van der Waals surface area contributed by atoms with E-state index in [0.717, 1.165) is 9.88 Å². The van der Waals surface area contributed by atoms with Crippen LogP contribution in [0.15, 0.2) is 6.20 Å². The Labute approximate surface area is 69.3 Å². The number of methoxy groups -OCH3 is 1. The summed E-state index contributed by atoms with van der Waals surface area (Å²) >= 11 is 1.49. The SMILES string of the molecule is COC(C#N)c1cnc(C)s1. The first-order valence-corrected chi connectivity index (χ1v) is 3.94. The zero-order valence-electron chi connectivity index (χ0n) is 6.37. The van der Waals surface area contributed by atoms with E-state index in [-0.39, 0.29) is 0 Å². The van der Waals surface area contributed by atoms with Gasteiger partial charge in [0.1, 0.15) is 6.07 Å². The summed E-state index contributed by atoms with van der Waals surface area (Å²) in [7, 11) is 1.52. The number of thiazole rings is 1. The van der Waals surface area contributed by atoms with Gasteiger partial charge >= 0.3 is 0 Å². The molecule has 0 amide bonds. The molecule has 0 saturated carbocycles. The largest absolute Gasteiger partial charge is 0.361 e. The van der Waals surface area contributed by atoms with Gasteiger partial charge in [0.2, 0.25) is 0 Å².